The van der Waals surface area contributed by atoms with Gasteiger partial charge in [0.25, 0.3) is 11.6 Å². The van der Waals surface area contributed by atoms with Crippen molar-refractivity contribution in [2.24, 2.45) is 0 Å². The molecule has 0 N–H and O–H groups in total. The molecule has 2 aromatic heterocycles. The third-order valence-electron chi connectivity index (χ3n) is 7.87. The summed E-state index contributed by atoms with van der Waals surface area (Å²) in [4.78, 5) is 68.6. The molecule has 3 aromatic carbocycles. The molecule has 0 spiro atoms. The number of amides is 3. The minimum atomic E-state index is -0.988. The van der Waals surface area contributed by atoms with E-state index in [1.807, 2.05) is 59.3 Å². The summed E-state index contributed by atoms with van der Waals surface area (Å²) in [6.45, 7) is 0. The second kappa shape index (κ2) is 8.09. The average molecular weight is 539 g/mol. The second-order valence-electron chi connectivity index (χ2n) is 10.0. The number of aromatic nitrogens is 1. The highest BCUT2D eigenvalue weighted by atomic mass is 16.2. The minimum Gasteiger partial charge on any atom is -0.323 e. The molecular formula is C32H18N4O5. The van der Waals surface area contributed by atoms with Gasteiger partial charge in [-0.3, -0.25) is 28.9 Å². The molecule has 8 rings (SSSR count). The van der Waals surface area contributed by atoms with Crippen LogP contribution in [0.5, 0.6) is 0 Å². The van der Waals surface area contributed by atoms with E-state index in [-0.39, 0.29) is 40.5 Å². The molecule has 3 aliphatic rings. The molecular weight excluding hydrogens is 520 g/mol. The van der Waals surface area contributed by atoms with E-state index in [1.54, 1.807) is 36.4 Å². The number of fused-ring (bicyclic) bond motifs is 4. The Morgan fingerprint density at radius 1 is 0.537 bits per heavy atom. The summed E-state index contributed by atoms with van der Waals surface area (Å²) in [6, 6.07) is 24.6. The van der Waals surface area contributed by atoms with Gasteiger partial charge in [0.1, 0.15) is 0 Å². The van der Waals surface area contributed by atoms with Gasteiger partial charge in [0, 0.05) is 23.5 Å². The van der Waals surface area contributed by atoms with Crippen molar-refractivity contribution >= 4 is 57.6 Å². The monoisotopic (exact) mass is 538 g/mol. The number of ketones is 2. The highest BCUT2D eigenvalue weighted by Crippen LogP contribution is 2.49. The van der Waals surface area contributed by atoms with Crippen molar-refractivity contribution in [1.29, 1.82) is 0 Å². The molecule has 3 aliphatic heterocycles. The summed E-state index contributed by atoms with van der Waals surface area (Å²) >= 11 is 0. The molecule has 41 heavy (non-hydrogen) atoms. The third-order valence-corrected chi connectivity index (χ3v) is 7.87. The van der Waals surface area contributed by atoms with Crippen molar-refractivity contribution in [1.82, 2.24) is 4.40 Å². The van der Waals surface area contributed by atoms with Gasteiger partial charge in [0.05, 0.1) is 45.8 Å². The Kier molecular flexibility index (Phi) is 4.56. The molecule has 9 heteroatoms. The van der Waals surface area contributed by atoms with Crippen LogP contribution in [0.4, 0.5) is 22.7 Å². The summed E-state index contributed by atoms with van der Waals surface area (Å²) in [5.74, 6) is -3.82. The van der Waals surface area contributed by atoms with Gasteiger partial charge in [-0.1, -0.05) is 36.4 Å². The van der Waals surface area contributed by atoms with Crippen molar-refractivity contribution in [2.75, 3.05) is 14.9 Å². The number of hydrogen-bond donors (Lipinski definition) is 0. The molecule has 0 bridgehead atoms. The predicted molar refractivity (Wildman–Crippen MR) is 150 cm³/mol. The quantitative estimate of drug-likeness (QED) is 0.315. The Morgan fingerprint density at radius 2 is 1.24 bits per heavy atom. The highest BCUT2D eigenvalue weighted by Gasteiger charge is 2.50. The van der Waals surface area contributed by atoms with Gasteiger partial charge >= 0.3 is 11.8 Å². The third kappa shape index (κ3) is 2.97. The molecule has 9 nitrogen and oxygen atoms in total. The standard InChI is InChI=1S/C32H18N4O5/c37-26-17-18-7-1-3-9-22(18)34(26)28-20(19-14-16-33-15-6-5-10-23(19)33)12-13-25-27(28)30(39)32(41)36(25)35-24-11-4-2-8-21(24)29(38)31(35)40/h1-16H,17H2. The van der Waals surface area contributed by atoms with Crippen LogP contribution in [0.2, 0.25) is 0 Å². The number of benzene rings is 3. The molecule has 0 aliphatic carbocycles. The second-order valence-corrected chi connectivity index (χ2v) is 10.0. The summed E-state index contributed by atoms with van der Waals surface area (Å²) in [6.07, 6.45) is 3.91. The fourth-order valence-electron chi connectivity index (χ4n) is 6.09. The SMILES string of the molecule is O=C1C(=O)N(N2C(=O)C(=O)c3c2ccc(-c2ccn4ccccc24)c3N2C(=O)Cc3ccccc32)c2ccccc21. The Bertz CT molecular complexity index is 2060. The zero-order chi connectivity index (χ0) is 28.0. The molecule has 5 heterocycles. The van der Waals surface area contributed by atoms with Crippen LogP contribution in [-0.4, -0.2) is 33.7 Å². The Balaban J connectivity index is 1.42. The van der Waals surface area contributed by atoms with Crippen molar-refractivity contribution in [3.05, 3.63) is 114 Å². The molecule has 0 unspecified atom stereocenters. The maximum Gasteiger partial charge on any atom is 0.318 e. The van der Waals surface area contributed by atoms with Gasteiger partial charge in [-0.15, -0.1) is 0 Å². The highest BCUT2D eigenvalue weighted by molar-refractivity contribution is 6.59. The molecule has 0 atom stereocenters. The van der Waals surface area contributed by atoms with Crippen LogP contribution in [0.3, 0.4) is 0 Å². The first kappa shape index (κ1) is 23.1. The van der Waals surface area contributed by atoms with Crippen LogP contribution < -0.4 is 14.9 Å². The van der Waals surface area contributed by atoms with Gasteiger partial charge in [0.15, 0.2) is 0 Å². The molecule has 0 saturated carbocycles. The van der Waals surface area contributed by atoms with Crippen molar-refractivity contribution in [2.45, 2.75) is 6.42 Å². The fraction of sp³-hybridized carbons (Fsp3) is 0.0312. The number of hydrazine groups is 1. The van der Waals surface area contributed by atoms with Crippen LogP contribution in [0, 0.1) is 0 Å². The van der Waals surface area contributed by atoms with E-state index in [4.69, 9.17) is 0 Å². The molecule has 0 fully saturated rings. The Labute approximate surface area is 232 Å². The van der Waals surface area contributed by atoms with Crippen LogP contribution in [0.1, 0.15) is 26.3 Å². The van der Waals surface area contributed by atoms with Crippen molar-refractivity contribution in [3.8, 4) is 11.1 Å². The lowest BCUT2D eigenvalue weighted by molar-refractivity contribution is -0.118. The topological polar surface area (TPSA) is 99.5 Å². The van der Waals surface area contributed by atoms with Gasteiger partial charge in [0.2, 0.25) is 5.91 Å². The normalized spacial score (nSPS) is 15.8. The zero-order valence-electron chi connectivity index (χ0n) is 21.3. The van der Waals surface area contributed by atoms with Crippen molar-refractivity contribution < 1.29 is 24.0 Å². The van der Waals surface area contributed by atoms with E-state index in [0.29, 0.717) is 11.3 Å². The number of pyridine rings is 1. The number of hydrogen-bond acceptors (Lipinski definition) is 5. The van der Waals surface area contributed by atoms with E-state index in [1.165, 1.54) is 11.0 Å². The van der Waals surface area contributed by atoms with E-state index < -0.39 is 23.4 Å². The number of para-hydroxylation sites is 2. The van der Waals surface area contributed by atoms with Crippen LogP contribution in [-0.2, 0) is 20.8 Å². The lowest BCUT2D eigenvalue weighted by atomic mass is 9.97. The zero-order valence-corrected chi connectivity index (χ0v) is 21.3. The largest absolute Gasteiger partial charge is 0.323 e. The van der Waals surface area contributed by atoms with Gasteiger partial charge in [-0.2, -0.15) is 0 Å². The number of carbonyl (C=O) groups is 5. The lowest BCUT2D eigenvalue weighted by Crippen LogP contribution is -2.49. The summed E-state index contributed by atoms with van der Waals surface area (Å²) < 4.78 is 1.93. The summed E-state index contributed by atoms with van der Waals surface area (Å²) in [5.41, 5.74) is 4.34. The molecule has 0 saturated heterocycles. The van der Waals surface area contributed by atoms with Crippen LogP contribution in [0.15, 0.2) is 97.3 Å². The maximum atomic E-state index is 13.9. The van der Waals surface area contributed by atoms with E-state index in [0.717, 1.165) is 26.7 Å². The van der Waals surface area contributed by atoms with Crippen LogP contribution >= 0.6 is 0 Å². The van der Waals surface area contributed by atoms with Crippen LogP contribution in [0.25, 0.3) is 16.6 Å². The number of nitrogens with zero attached hydrogens (tertiary/aromatic N) is 4. The lowest BCUT2D eigenvalue weighted by Gasteiger charge is -2.28. The first-order valence-corrected chi connectivity index (χ1v) is 13.0. The van der Waals surface area contributed by atoms with Gasteiger partial charge in [-0.25, -0.2) is 10.0 Å². The van der Waals surface area contributed by atoms with E-state index >= 15 is 0 Å². The Morgan fingerprint density at radius 3 is 2.10 bits per heavy atom. The number of anilines is 4. The minimum absolute atomic E-state index is 0.00235. The summed E-state index contributed by atoms with van der Waals surface area (Å²) in [7, 11) is 0. The Hall–Kier alpha value is -5.83. The number of Topliss-reactive ketones (excluding diaryl/α,β-unsaturated/α-hetero) is 2. The predicted octanol–water partition coefficient (Wildman–Crippen LogP) is 4.50. The van der Waals surface area contributed by atoms with E-state index in [2.05, 4.69) is 0 Å². The average Bonchev–Trinajstić information content (AvgIpc) is 3.70. The first-order chi connectivity index (χ1) is 20.0. The smallest absolute Gasteiger partial charge is 0.318 e. The maximum absolute atomic E-state index is 13.9. The number of rotatable bonds is 3. The molecule has 196 valence electrons. The number of carbonyl (C=O) groups excluding carboxylic acids is 5. The fourth-order valence-corrected chi connectivity index (χ4v) is 6.09. The van der Waals surface area contributed by atoms with Crippen molar-refractivity contribution in [3.63, 3.8) is 0 Å². The van der Waals surface area contributed by atoms with Gasteiger partial charge in [-0.05, 0) is 54.1 Å². The summed E-state index contributed by atoms with van der Waals surface area (Å²) in [5, 5.41) is 1.92. The van der Waals surface area contributed by atoms with Gasteiger partial charge < -0.3 is 4.40 Å². The molecule has 3 amide bonds. The first-order valence-electron chi connectivity index (χ1n) is 13.0. The molecule has 5 aromatic rings. The molecule has 0 radical (unpaired) electrons. The van der Waals surface area contributed by atoms with E-state index in [9.17, 15) is 24.0 Å².